The lowest BCUT2D eigenvalue weighted by atomic mass is 10.0. The number of hydrogen-bond acceptors (Lipinski definition) is 3. The molecule has 1 atom stereocenters. The van der Waals surface area contributed by atoms with Crippen molar-refractivity contribution in [3.63, 3.8) is 0 Å². The van der Waals surface area contributed by atoms with E-state index in [1.54, 1.807) is 6.08 Å². The van der Waals surface area contributed by atoms with E-state index in [4.69, 9.17) is 10.5 Å². The van der Waals surface area contributed by atoms with Crippen molar-refractivity contribution in [2.24, 2.45) is 5.73 Å². The van der Waals surface area contributed by atoms with Crippen LogP contribution in [0.2, 0.25) is 0 Å². The van der Waals surface area contributed by atoms with Gasteiger partial charge < -0.3 is 15.8 Å². The van der Waals surface area contributed by atoms with Gasteiger partial charge in [-0.3, -0.25) is 4.79 Å². The molecule has 0 saturated heterocycles. The second-order valence-electron chi connectivity index (χ2n) is 4.48. The minimum absolute atomic E-state index is 0.0230. The summed E-state index contributed by atoms with van der Waals surface area (Å²) in [5.41, 5.74) is 6.99. The third kappa shape index (κ3) is 5.35. The Bertz CT molecular complexity index is 463. The highest BCUT2D eigenvalue weighted by molar-refractivity contribution is 9.10. The molecule has 1 rings (SSSR count). The molecule has 1 amide bonds. The molecule has 0 aliphatic heterocycles. The number of hydrogen-bond donors (Lipinski definition) is 2. The zero-order valence-electron chi connectivity index (χ0n) is 11.7. The zero-order valence-corrected chi connectivity index (χ0v) is 13.3. The highest BCUT2D eigenvalue weighted by Gasteiger charge is 2.12. The lowest BCUT2D eigenvalue weighted by Crippen LogP contribution is -2.29. The standard InChI is InChI=1S/C15H21BrN2O2/c1-3-8-18-14(19)10-20-15-11(9-12(17)4-2)6-5-7-13(15)16/h3,5-7,12H,1,4,8-10,17H2,2H3,(H,18,19). The van der Waals surface area contributed by atoms with Crippen molar-refractivity contribution in [3.8, 4) is 5.75 Å². The van der Waals surface area contributed by atoms with E-state index in [2.05, 4.69) is 27.8 Å². The number of ether oxygens (including phenoxy) is 1. The van der Waals surface area contributed by atoms with Crippen LogP contribution in [0.3, 0.4) is 0 Å². The molecular formula is C15H21BrN2O2. The molecule has 0 bridgehead atoms. The average Bonchev–Trinajstić information content (AvgIpc) is 2.44. The fraction of sp³-hybridized carbons (Fsp3) is 0.400. The SMILES string of the molecule is C=CCNC(=O)COc1c(Br)cccc1CC(N)CC. The van der Waals surface area contributed by atoms with Crippen LogP contribution in [0.1, 0.15) is 18.9 Å². The van der Waals surface area contributed by atoms with E-state index in [1.165, 1.54) is 0 Å². The monoisotopic (exact) mass is 340 g/mol. The number of nitrogens with one attached hydrogen (secondary N) is 1. The maximum atomic E-state index is 11.6. The molecule has 1 unspecified atom stereocenters. The predicted octanol–water partition coefficient (Wildman–Crippen LogP) is 2.41. The highest BCUT2D eigenvalue weighted by atomic mass is 79.9. The van der Waals surface area contributed by atoms with Crippen molar-refractivity contribution in [2.45, 2.75) is 25.8 Å². The summed E-state index contributed by atoms with van der Waals surface area (Å²) >= 11 is 3.45. The van der Waals surface area contributed by atoms with E-state index in [1.807, 2.05) is 25.1 Å². The minimum atomic E-state index is -0.175. The van der Waals surface area contributed by atoms with Crippen LogP contribution < -0.4 is 15.8 Å². The lowest BCUT2D eigenvalue weighted by molar-refractivity contribution is -0.122. The molecule has 0 heterocycles. The summed E-state index contributed by atoms with van der Waals surface area (Å²) in [4.78, 5) is 11.6. The van der Waals surface area contributed by atoms with E-state index >= 15 is 0 Å². The van der Waals surface area contributed by atoms with Gasteiger partial charge in [0.15, 0.2) is 6.61 Å². The smallest absolute Gasteiger partial charge is 0.258 e. The van der Waals surface area contributed by atoms with E-state index < -0.39 is 0 Å². The third-order valence-electron chi connectivity index (χ3n) is 2.85. The number of nitrogens with two attached hydrogens (primary N) is 1. The Kier molecular flexibility index (Phi) is 7.33. The van der Waals surface area contributed by atoms with E-state index in [-0.39, 0.29) is 18.6 Å². The molecule has 0 aromatic heterocycles. The lowest BCUT2D eigenvalue weighted by Gasteiger charge is -2.15. The van der Waals surface area contributed by atoms with Gasteiger partial charge in [0.1, 0.15) is 5.75 Å². The predicted molar refractivity (Wildman–Crippen MR) is 84.8 cm³/mol. The fourth-order valence-corrected chi connectivity index (χ4v) is 2.20. The number of para-hydroxylation sites is 1. The number of amides is 1. The van der Waals surface area contributed by atoms with Crippen molar-refractivity contribution in [1.82, 2.24) is 5.32 Å². The van der Waals surface area contributed by atoms with Crippen molar-refractivity contribution < 1.29 is 9.53 Å². The summed E-state index contributed by atoms with van der Waals surface area (Å²) in [6.07, 6.45) is 3.24. The molecular weight excluding hydrogens is 320 g/mol. The number of carbonyl (C=O) groups is 1. The molecule has 0 radical (unpaired) electrons. The van der Waals surface area contributed by atoms with Crippen molar-refractivity contribution in [1.29, 1.82) is 0 Å². The van der Waals surface area contributed by atoms with Crippen molar-refractivity contribution >= 4 is 21.8 Å². The number of rotatable bonds is 8. The maximum Gasteiger partial charge on any atom is 0.258 e. The van der Waals surface area contributed by atoms with Crippen LogP contribution in [-0.4, -0.2) is 25.1 Å². The maximum absolute atomic E-state index is 11.6. The van der Waals surface area contributed by atoms with Crippen molar-refractivity contribution in [3.05, 3.63) is 40.9 Å². The molecule has 0 saturated carbocycles. The first-order valence-corrected chi connectivity index (χ1v) is 7.41. The number of halogens is 1. The van der Waals surface area contributed by atoms with Gasteiger partial charge >= 0.3 is 0 Å². The topological polar surface area (TPSA) is 64.3 Å². The van der Waals surface area contributed by atoms with Gasteiger partial charge in [0.2, 0.25) is 0 Å². The van der Waals surface area contributed by atoms with Crippen molar-refractivity contribution in [2.75, 3.05) is 13.2 Å². The number of benzene rings is 1. The van der Waals surface area contributed by atoms with Gasteiger partial charge in [0.05, 0.1) is 4.47 Å². The molecule has 0 aliphatic rings. The van der Waals surface area contributed by atoms with Crippen LogP contribution in [0.15, 0.2) is 35.3 Å². The molecule has 0 aliphatic carbocycles. The highest BCUT2D eigenvalue weighted by Crippen LogP contribution is 2.30. The molecule has 5 heteroatoms. The minimum Gasteiger partial charge on any atom is -0.482 e. The summed E-state index contributed by atoms with van der Waals surface area (Å²) in [5, 5.41) is 2.67. The molecule has 1 aromatic carbocycles. The third-order valence-corrected chi connectivity index (χ3v) is 3.47. The van der Waals surface area contributed by atoms with Gasteiger partial charge in [-0.2, -0.15) is 0 Å². The molecule has 0 fully saturated rings. The van der Waals surface area contributed by atoms with Gasteiger partial charge in [0, 0.05) is 12.6 Å². The Morgan fingerprint density at radius 3 is 3.00 bits per heavy atom. The second-order valence-corrected chi connectivity index (χ2v) is 5.34. The van der Waals surface area contributed by atoms with Gasteiger partial charge in [0.25, 0.3) is 5.91 Å². The summed E-state index contributed by atoms with van der Waals surface area (Å²) in [6, 6.07) is 5.88. The van der Waals surface area contributed by atoms with E-state index in [9.17, 15) is 4.79 Å². The summed E-state index contributed by atoms with van der Waals surface area (Å²) in [5.74, 6) is 0.511. The van der Waals surface area contributed by atoms with Gasteiger partial charge in [-0.1, -0.05) is 25.1 Å². The Hall–Kier alpha value is -1.33. The molecule has 3 N–H and O–H groups in total. The van der Waals surface area contributed by atoms with E-state index in [0.717, 1.165) is 22.9 Å². The summed E-state index contributed by atoms with van der Waals surface area (Å²) < 4.78 is 6.45. The Balaban J connectivity index is 2.72. The Morgan fingerprint density at radius 2 is 2.35 bits per heavy atom. The quantitative estimate of drug-likeness (QED) is 0.714. The molecule has 110 valence electrons. The van der Waals surface area contributed by atoms with Gasteiger partial charge in [-0.25, -0.2) is 0 Å². The van der Waals surface area contributed by atoms with Crippen LogP contribution in [0.25, 0.3) is 0 Å². The molecule has 1 aromatic rings. The van der Waals surface area contributed by atoms with E-state index in [0.29, 0.717) is 12.3 Å². The van der Waals surface area contributed by atoms with Crippen LogP contribution in [0.4, 0.5) is 0 Å². The van der Waals surface area contributed by atoms with Crippen LogP contribution in [0.5, 0.6) is 5.75 Å². The van der Waals surface area contributed by atoms with Gasteiger partial charge in [-0.15, -0.1) is 6.58 Å². The first kappa shape index (κ1) is 16.7. The Morgan fingerprint density at radius 1 is 1.60 bits per heavy atom. The Labute approximate surface area is 128 Å². The zero-order chi connectivity index (χ0) is 15.0. The first-order chi connectivity index (χ1) is 9.58. The first-order valence-electron chi connectivity index (χ1n) is 6.61. The van der Waals surface area contributed by atoms with Crippen LogP contribution >= 0.6 is 15.9 Å². The van der Waals surface area contributed by atoms with Crippen LogP contribution in [0, 0.1) is 0 Å². The number of carbonyl (C=O) groups excluding carboxylic acids is 1. The molecule has 4 nitrogen and oxygen atoms in total. The largest absolute Gasteiger partial charge is 0.482 e. The molecule has 0 spiro atoms. The summed E-state index contributed by atoms with van der Waals surface area (Å²) in [7, 11) is 0. The average molecular weight is 341 g/mol. The summed E-state index contributed by atoms with van der Waals surface area (Å²) in [6.45, 7) is 6.01. The second kappa shape index (κ2) is 8.76. The normalized spacial score (nSPS) is 11.8. The fourth-order valence-electron chi connectivity index (χ4n) is 1.68. The van der Waals surface area contributed by atoms with Crippen LogP contribution in [-0.2, 0) is 11.2 Å². The molecule has 20 heavy (non-hydrogen) atoms. The van der Waals surface area contributed by atoms with Gasteiger partial charge in [-0.05, 0) is 40.4 Å².